The van der Waals surface area contributed by atoms with Gasteiger partial charge < -0.3 is 14.8 Å². The summed E-state index contributed by atoms with van der Waals surface area (Å²) in [6.07, 6.45) is -2.28. The van der Waals surface area contributed by atoms with Crippen molar-refractivity contribution in [2.45, 2.75) is 6.18 Å². The summed E-state index contributed by atoms with van der Waals surface area (Å²) >= 11 is 11.6. The summed E-state index contributed by atoms with van der Waals surface area (Å²) in [6.45, 7) is 0. The fourth-order valence-corrected chi connectivity index (χ4v) is 2.59. The van der Waals surface area contributed by atoms with Gasteiger partial charge in [-0.3, -0.25) is 4.79 Å². The summed E-state index contributed by atoms with van der Waals surface area (Å²) < 4.78 is 48.8. The summed E-state index contributed by atoms with van der Waals surface area (Å²) in [5.74, 6) is 0.151. The lowest BCUT2D eigenvalue weighted by molar-refractivity contribution is -0.137. The Balaban J connectivity index is 2.19. The molecule has 9 heteroatoms. The van der Waals surface area contributed by atoms with Gasteiger partial charge in [-0.05, 0) is 23.8 Å². The molecule has 144 valence electrons. The Bertz CT molecular complexity index is 883. The number of halogens is 5. The third kappa shape index (κ3) is 5.30. The van der Waals surface area contributed by atoms with Crippen LogP contribution in [0.3, 0.4) is 0 Å². The van der Waals surface area contributed by atoms with E-state index in [1.165, 1.54) is 38.5 Å². The number of carbonyl (C=O) groups is 1. The molecule has 1 N–H and O–H groups in total. The SMILES string of the molecule is COc1cc(Cl)c(NC(=O)/C=C/c2ccc(Cl)c(C(F)(F)F)c2)cc1OC. The quantitative estimate of drug-likeness (QED) is 0.634. The van der Waals surface area contributed by atoms with E-state index in [1.807, 2.05) is 0 Å². The predicted molar refractivity (Wildman–Crippen MR) is 98.7 cm³/mol. The molecule has 0 saturated carbocycles. The van der Waals surface area contributed by atoms with Crippen molar-refractivity contribution in [2.75, 3.05) is 19.5 Å². The Kier molecular flexibility index (Phi) is 6.62. The van der Waals surface area contributed by atoms with Crippen LogP contribution in [-0.4, -0.2) is 20.1 Å². The van der Waals surface area contributed by atoms with Gasteiger partial charge in [-0.2, -0.15) is 13.2 Å². The molecule has 0 aliphatic rings. The number of hydrogen-bond acceptors (Lipinski definition) is 3. The van der Waals surface area contributed by atoms with E-state index in [0.29, 0.717) is 11.5 Å². The molecule has 0 aliphatic carbocycles. The van der Waals surface area contributed by atoms with E-state index in [4.69, 9.17) is 32.7 Å². The first-order valence-corrected chi connectivity index (χ1v) is 8.18. The number of alkyl halides is 3. The fourth-order valence-electron chi connectivity index (χ4n) is 2.16. The second kappa shape index (κ2) is 8.54. The van der Waals surface area contributed by atoms with Crippen molar-refractivity contribution in [3.05, 3.63) is 57.6 Å². The molecule has 0 spiro atoms. The molecular weight excluding hydrogens is 406 g/mol. The van der Waals surface area contributed by atoms with Gasteiger partial charge in [0, 0.05) is 18.2 Å². The summed E-state index contributed by atoms with van der Waals surface area (Å²) in [5.41, 5.74) is -0.550. The topological polar surface area (TPSA) is 47.6 Å². The Morgan fingerprint density at radius 3 is 2.26 bits per heavy atom. The van der Waals surface area contributed by atoms with Gasteiger partial charge in [-0.15, -0.1) is 0 Å². The first kappa shape index (κ1) is 20.9. The van der Waals surface area contributed by atoms with E-state index in [9.17, 15) is 18.0 Å². The van der Waals surface area contributed by atoms with E-state index < -0.39 is 22.7 Å². The van der Waals surface area contributed by atoms with Crippen molar-refractivity contribution in [1.29, 1.82) is 0 Å². The Morgan fingerprint density at radius 2 is 1.67 bits per heavy atom. The highest BCUT2D eigenvalue weighted by Crippen LogP contribution is 2.36. The highest BCUT2D eigenvalue weighted by molar-refractivity contribution is 6.34. The number of methoxy groups -OCH3 is 2. The molecular formula is C18H14Cl2F3NO3. The molecule has 2 rings (SSSR count). The maximum Gasteiger partial charge on any atom is 0.417 e. The molecule has 0 radical (unpaired) electrons. The first-order chi connectivity index (χ1) is 12.7. The number of benzene rings is 2. The second-order valence-corrected chi connectivity index (χ2v) is 6.06. The smallest absolute Gasteiger partial charge is 0.417 e. The van der Waals surface area contributed by atoms with Crippen molar-refractivity contribution in [3.63, 3.8) is 0 Å². The number of carbonyl (C=O) groups excluding carboxylic acids is 1. The number of ether oxygens (including phenoxy) is 2. The maximum atomic E-state index is 12.9. The zero-order valence-corrected chi connectivity index (χ0v) is 15.7. The largest absolute Gasteiger partial charge is 0.493 e. The minimum atomic E-state index is -4.59. The van der Waals surface area contributed by atoms with Crippen LogP contribution in [-0.2, 0) is 11.0 Å². The van der Waals surface area contributed by atoms with Crippen molar-refractivity contribution in [2.24, 2.45) is 0 Å². The number of rotatable bonds is 5. The van der Waals surface area contributed by atoms with E-state index >= 15 is 0 Å². The lowest BCUT2D eigenvalue weighted by Gasteiger charge is -2.12. The molecule has 2 aromatic carbocycles. The third-order valence-corrected chi connectivity index (χ3v) is 4.10. The van der Waals surface area contributed by atoms with E-state index in [-0.39, 0.29) is 16.3 Å². The highest BCUT2D eigenvalue weighted by Gasteiger charge is 2.33. The van der Waals surface area contributed by atoms with Crippen molar-refractivity contribution in [1.82, 2.24) is 0 Å². The molecule has 0 aromatic heterocycles. The Morgan fingerprint density at radius 1 is 1.04 bits per heavy atom. The zero-order valence-electron chi connectivity index (χ0n) is 14.2. The molecule has 1 amide bonds. The van der Waals surface area contributed by atoms with Gasteiger partial charge in [0.1, 0.15) is 0 Å². The molecule has 0 saturated heterocycles. The summed E-state index contributed by atoms with van der Waals surface area (Å²) in [5, 5.41) is 2.31. The molecule has 0 heterocycles. The summed E-state index contributed by atoms with van der Waals surface area (Å²) in [4.78, 5) is 12.1. The van der Waals surface area contributed by atoms with Gasteiger partial charge in [0.15, 0.2) is 11.5 Å². The van der Waals surface area contributed by atoms with Gasteiger partial charge in [-0.1, -0.05) is 29.3 Å². The minimum Gasteiger partial charge on any atom is -0.493 e. The molecule has 0 bridgehead atoms. The van der Waals surface area contributed by atoms with Crippen LogP contribution in [0.5, 0.6) is 11.5 Å². The second-order valence-electron chi connectivity index (χ2n) is 5.25. The number of amides is 1. The van der Waals surface area contributed by atoms with Crippen LogP contribution in [0, 0.1) is 0 Å². The molecule has 2 aromatic rings. The first-order valence-electron chi connectivity index (χ1n) is 7.43. The van der Waals surface area contributed by atoms with Crippen LogP contribution >= 0.6 is 23.2 Å². The van der Waals surface area contributed by atoms with Crippen LogP contribution in [0.2, 0.25) is 10.0 Å². The Hall–Kier alpha value is -2.38. The normalized spacial score (nSPS) is 11.5. The zero-order chi connectivity index (χ0) is 20.2. The van der Waals surface area contributed by atoms with Gasteiger partial charge >= 0.3 is 6.18 Å². The fraction of sp³-hybridized carbons (Fsp3) is 0.167. The molecule has 27 heavy (non-hydrogen) atoms. The molecule has 0 atom stereocenters. The van der Waals surface area contributed by atoms with E-state index in [1.54, 1.807) is 0 Å². The van der Waals surface area contributed by atoms with Gasteiger partial charge in [0.05, 0.1) is 35.5 Å². The van der Waals surface area contributed by atoms with Crippen LogP contribution < -0.4 is 14.8 Å². The lowest BCUT2D eigenvalue weighted by Crippen LogP contribution is -2.09. The molecule has 0 aliphatic heterocycles. The summed E-state index contributed by atoms with van der Waals surface area (Å²) in [7, 11) is 2.87. The summed E-state index contributed by atoms with van der Waals surface area (Å²) in [6, 6.07) is 6.28. The average Bonchev–Trinajstić information content (AvgIpc) is 2.61. The lowest BCUT2D eigenvalue weighted by atomic mass is 10.1. The highest BCUT2D eigenvalue weighted by atomic mass is 35.5. The Labute approximate surface area is 163 Å². The van der Waals surface area contributed by atoms with Crippen molar-refractivity contribution in [3.8, 4) is 11.5 Å². The average molecular weight is 420 g/mol. The van der Waals surface area contributed by atoms with E-state index in [2.05, 4.69) is 5.32 Å². The maximum absolute atomic E-state index is 12.9. The van der Waals surface area contributed by atoms with E-state index in [0.717, 1.165) is 18.2 Å². The third-order valence-electron chi connectivity index (χ3n) is 3.45. The minimum absolute atomic E-state index is 0.167. The van der Waals surface area contributed by atoms with Gasteiger partial charge in [-0.25, -0.2) is 0 Å². The number of nitrogens with one attached hydrogen (secondary N) is 1. The van der Waals surface area contributed by atoms with Gasteiger partial charge in [0.2, 0.25) is 5.91 Å². The van der Waals surface area contributed by atoms with Gasteiger partial charge in [0.25, 0.3) is 0 Å². The van der Waals surface area contributed by atoms with Crippen molar-refractivity contribution < 1.29 is 27.4 Å². The number of anilines is 1. The van der Waals surface area contributed by atoms with Crippen molar-refractivity contribution >= 4 is 40.9 Å². The van der Waals surface area contributed by atoms with Crippen LogP contribution in [0.15, 0.2) is 36.4 Å². The van der Waals surface area contributed by atoms with Crippen LogP contribution in [0.25, 0.3) is 6.08 Å². The number of hydrogen-bond donors (Lipinski definition) is 1. The molecule has 0 fully saturated rings. The van der Waals surface area contributed by atoms with Crippen LogP contribution in [0.1, 0.15) is 11.1 Å². The molecule has 4 nitrogen and oxygen atoms in total. The standard InChI is InChI=1S/C18H14Cl2F3NO3/c1-26-15-8-13(20)14(9-16(15)27-2)24-17(25)6-4-10-3-5-12(19)11(7-10)18(21,22)23/h3-9H,1-2H3,(H,24,25)/b6-4+. The molecule has 0 unspecified atom stereocenters. The van der Waals surface area contributed by atoms with Crippen LogP contribution in [0.4, 0.5) is 18.9 Å². The predicted octanol–water partition coefficient (Wildman–Crippen LogP) is 5.68. The monoisotopic (exact) mass is 419 g/mol.